The Labute approximate surface area is 271 Å². The summed E-state index contributed by atoms with van der Waals surface area (Å²) < 4.78 is 29.4. The molecule has 4 rings (SSSR count). The SMILES string of the molecule is CCCCNC(=O)C(Cc1ccccc1)N(Cc1cccc(C)c1)C(=O)CN(c1cccc(Cl)c1C)S(=O)(=O)c1ccccc1. The van der Waals surface area contributed by atoms with Crippen LogP contribution in [-0.4, -0.2) is 44.3 Å². The molecule has 4 aromatic carbocycles. The molecule has 45 heavy (non-hydrogen) atoms. The summed E-state index contributed by atoms with van der Waals surface area (Å²) in [6.45, 7) is 5.79. The van der Waals surface area contributed by atoms with Crippen LogP contribution in [0.15, 0.2) is 108 Å². The van der Waals surface area contributed by atoms with E-state index in [1.165, 1.54) is 17.0 Å². The zero-order valence-corrected chi connectivity index (χ0v) is 27.5. The fourth-order valence-electron chi connectivity index (χ4n) is 5.17. The molecule has 0 aliphatic heterocycles. The molecule has 7 nitrogen and oxygen atoms in total. The summed E-state index contributed by atoms with van der Waals surface area (Å²) in [7, 11) is -4.20. The van der Waals surface area contributed by atoms with E-state index in [9.17, 15) is 18.0 Å². The van der Waals surface area contributed by atoms with E-state index in [0.29, 0.717) is 22.8 Å². The summed E-state index contributed by atoms with van der Waals surface area (Å²) in [6, 6.07) is 29.3. The van der Waals surface area contributed by atoms with Crippen LogP contribution >= 0.6 is 11.6 Å². The summed E-state index contributed by atoms with van der Waals surface area (Å²) in [4.78, 5) is 30.0. The Balaban J connectivity index is 1.81. The normalized spacial score (nSPS) is 11.9. The quantitative estimate of drug-likeness (QED) is 0.155. The summed E-state index contributed by atoms with van der Waals surface area (Å²) in [5, 5.41) is 3.39. The van der Waals surface area contributed by atoms with Gasteiger partial charge in [0.15, 0.2) is 0 Å². The Bertz CT molecular complexity index is 1700. The molecule has 4 aromatic rings. The van der Waals surface area contributed by atoms with Gasteiger partial charge in [0.2, 0.25) is 11.8 Å². The van der Waals surface area contributed by atoms with Crippen molar-refractivity contribution < 1.29 is 18.0 Å². The molecule has 0 fully saturated rings. The minimum atomic E-state index is -4.20. The number of aryl methyl sites for hydroxylation is 1. The predicted molar refractivity (Wildman–Crippen MR) is 181 cm³/mol. The molecule has 0 heterocycles. The number of benzene rings is 4. The van der Waals surface area contributed by atoms with Gasteiger partial charge in [0.25, 0.3) is 10.0 Å². The Kier molecular flexibility index (Phi) is 11.8. The van der Waals surface area contributed by atoms with Gasteiger partial charge in [0.05, 0.1) is 10.6 Å². The molecular weight excluding hydrogens is 606 g/mol. The number of amides is 2. The van der Waals surface area contributed by atoms with Crippen LogP contribution in [0, 0.1) is 13.8 Å². The second-order valence-electron chi connectivity index (χ2n) is 11.1. The highest BCUT2D eigenvalue weighted by atomic mass is 35.5. The van der Waals surface area contributed by atoms with Gasteiger partial charge in [0.1, 0.15) is 12.6 Å². The first kappa shape index (κ1) is 33.7. The average molecular weight is 646 g/mol. The van der Waals surface area contributed by atoms with Crippen LogP contribution in [-0.2, 0) is 32.6 Å². The van der Waals surface area contributed by atoms with E-state index in [2.05, 4.69) is 5.32 Å². The number of halogens is 1. The van der Waals surface area contributed by atoms with Crippen LogP contribution in [0.1, 0.15) is 42.0 Å². The Morgan fingerprint density at radius 1 is 0.844 bits per heavy atom. The number of rotatable bonds is 14. The lowest BCUT2D eigenvalue weighted by molar-refractivity contribution is -0.140. The van der Waals surface area contributed by atoms with Gasteiger partial charge in [-0.3, -0.25) is 13.9 Å². The standard InChI is InChI=1S/C36H40ClN3O4S/c1-4-5-22-38-36(42)34(24-29-15-8-6-9-16-29)39(25-30-17-12-14-27(2)23-30)35(41)26-40(33-21-13-20-32(37)28(33)3)45(43,44)31-18-10-7-11-19-31/h6-21,23,34H,4-5,22,24-26H2,1-3H3,(H,38,42). The van der Waals surface area contributed by atoms with Crippen LogP contribution in [0.2, 0.25) is 5.02 Å². The maximum absolute atomic E-state index is 14.6. The first-order chi connectivity index (χ1) is 21.6. The zero-order valence-electron chi connectivity index (χ0n) is 25.9. The molecule has 0 saturated carbocycles. The van der Waals surface area contributed by atoms with Gasteiger partial charge in [-0.15, -0.1) is 0 Å². The second kappa shape index (κ2) is 15.7. The molecule has 1 N–H and O–H groups in total. The third-order valence-corrected chi connectivity index (χ3v) is 9.84. The molecule has 0 aliphatic rings. The highest BCUT2D eigenvalue weighted by molar-refractivity contribution is 7.92. The summed E-state index contributed by atoms with van der Waals surface area (Å²) >= 11 is 6.45. The Morgan fingerprint density at radius 2 is 1.49 bits per heavy atom. The first-order valence-corrected chi connectivity index (χ1v) is 16.9. The van der Waals surface area contributed by atoms with E-state index in [4.69, 9.17) is 11.6 Å². The molecule has 0 radical (unpaired) electrons. The van der Waals surface area contributed by atoms with E-state index in [1.807, 2.05) is 68.4 Å². The van der Waals surface area contributed by atoms with E-state index < -0.39 is 28.5 Å². The summed E-state index contributed by atoms with van der Waals surface area (Å²) in [6.07, 6.45) is 1.96. The van der Waals surface area contributed by atoms with Gasteiger partial charge in [-0.2, -0.15) is 0 Å². The lowest BCUT2D eigenvalue weighted by Gasteiger charge is -2.34. The molecule has 9 heteroatoms. The zero-order chi connectivity index (χ0) is 32.4. The number of hydrogen-bond acceptors (Lipinski definition) is 4. The van der Waals surface area contributed by atoms with Gasteiger partial charge in [-0.25, -0.2) is 8.42 Å². The number of nitrogens with one attached hydrogen (secondary N) is 1. The highest BCUT2D eigenvalue weighted by Gasteiger charge is 2.35. The summed E-state index contributed by atoms with van der Waals surface area (Å²) in [5.41, 5.74) is 3.54. The van der Waals surface area contributed by atoms with Crippen LogP contribution in [0.3, 0.4) is 0 Å². The average Bonchev–Trinajstić information content (AvgIpc) is 3.04. The maximum atomic E-state index is 14.6. The van der Waals surface area contributed by atoms with Crippen molar-refractivity contribution in [2.75, 3.05) is 17.4 Å². The van der Waals surface area contributed by atoms with Gasteiger partial charge < -0.3 is 10.2 Å². The van der Waals surface area contributed by atoms with Crippen molar-refractivity contribution in [1.82, 2.24) is 10.2 Å². The van der Waals surface area contributed by atoms with Gasteiger partial charge >= 0.3 is 0 Å². The third-order valence-electron chi connectivity index (χ3n) is 7.65. The van der Waals surface area contributed by atoms with E-state index in [1.54, 1.807) is 43.3 Å². The van der Waals surface area contributed by atoms with Crippen LogP contribution in [0.25, 0.3) is 0 Å². The van der Waals surface area contributed by atoms with E-state index in [0.717, 1.165) is 33.8 Å². The van der Waals surface area contributed by atoms with Crippen molar-refractivity contribution in [2.45, 2.75) is 57.5 Å². The molecule has 0 bridgehead atoms. The fourth-order valence-corrected chi connectivity index (χ4v) is 6.83. The van der Waals surface area contributed by atoms with Crippen LogP contribution in [0.5, 0.6) is 0 Å². The van der Waals surface area contributed by atoms with Crippen molar-refractivity contribution >= 4 is 39.1 Å². The fraction of sp³-hybridized carbons (Fsp3) is 0.278. The number of hydrogen-bond donors (Lipinski definition) is 1. The summed E-state index contributed by atoms with van der Waals surface area (Å²) in [5.74, 6) is -0.799. The van der Waals surface area contributed by atoms with Crippen molar-refractivity contribution in [2.24, 2.45) is 0 Å². The molecule has 0 aliphatic carbocycles. The highest BCUT2D eigenvalue weighted by Crippen LogP contribution is 2.31. The number of carbonyl (C=O) groups is 2. The predicted octanol–water partition coefficient (Wildman–Crippen LogP) is 6.71. The molecule has 1 atom stereocenters. The minimum Gasteiger partial charge on any atom is -0.354 e. The first-order valence-electron chi connectivity index (χ1n) is 15.1. The van der Waals surface area contributed by atoms with Crippen molar-refractivity contribution in [3.63, 3.8) is 0 Å². The van der Waals surface area contributed by atoms with Crippen molar-refractivity contribution in [3.8, 4) is 0 Å². The minimum absolute atomic E-state index is 0.0422. The molecule has 0 aromatic heterocycles. The largest absolute Gasteiger partial charge is 0.354 e. The van der Waals surface area contributed by atoms with Crippen LogP contribution in [0.4, 0.5) is 5.69 Å². The lowest BCUT2D eigenvalue weighted by Crippen LogP contribution is -2.53. The number of anilines is 1. The van der Waals surface area contributed by atoms with E-state index in [-0.39, 0.29) is 23.8 Å². The number of nitrogens with zero attached hydrogens (tertiary/aromatic N) is 2. The molecule has 1 unspecified atom stereocenters. The van der Waals surface area contributed by atoms with Crippen LogP contribution < -0.4 is 9.62 Å². The maximum Gasteiger partial charge on any atom is 0.264 e. The van der Waals surface area contributed by atoms with Crippen molar-refractivity contribution in [1.29, 1.82) is 0 Å². The molecule has 0 saturated heterocycles. The van der Waals surface area contributed by atoms with Gasteiger partial charge in [0, 0.05) is 24.5 Å². The smallest absolute Gasteiger partial charge is 0.264 e. The number of carbonyl (C=O) groups excluding carboxylic acids is 2. The molecule has 0 spiro atoms. The topological polar surface area (TPSA) is 86.8 Å². The van der Waals surface area contributed by atoms with Crippen molar-refractivity contribution in [3.05, 3.63) is 130 Å². The van der Waals surface area contributed by atoms with Gasteiger partial charge in [-0.1, -0.05) is 109 Å². The molecule has 236 valence electrons. The molecular formula is C36H40ClN3O4S. The second-order valence-corrected chi connectivity index (χ2v) is 13.3. The molecule has 2 amide bonds. The van der Waals surface area contributed by atoms with Gasteiger partial charge in [-0.05, 0) is 61.2 Å². The number of unbranched alkanes of at least 4 members (excludes halogenated alkanes) is 1. The Hall–Kier alpha value is -4.14. The Morgan fingerprint density at radius 3 is 2.16 bits per heavy atom. The number of sulfonamides is 1. The third kappa shape index (κ3) is 8.74. The lowest BCUT2D eigenvalue weighted by atomic mass is 10.0. The monoisotopic (exact) mass is 645 g/mol. The van der Waals surface area contributed by atoms with E-state index >= 15 is 0 Å².